The summed E-state index contributed by atoms with van der Waals surface area (Å²) in [5.41, 5.74) is 2.46. The zero-order chi connectivity index (χ0) is 21.2. The van der Waals surface area contributed by atoms with Crippen molar-refractivity contribution in [3.05, 3.63) is 34.6 Å². The van der Waals surface area contributed by atoms with Crippen LogP contribution in [0.3, 0.4) is 0 Å². The molecule has 0 spiro atoms. The van der Waals surface area contributed by atoms with E-state index >= 15 is 0 Å². The highest BCUT2D eigenvalue weighted by Gasteiger charge is 2.27. The number of rotatable bonds is 5. The molecule has 2 heterocycles. The van der Waals surface area contributed by atoms with Gasteiger partial charge in [0, 0.05) is 19.2 Å². The number of likely N-dealkylation sites (tertiary alicyclic amines) is 1. The molecule has 0 saturated carbocycles. The van der Waals surface area contributed by atoms with Crippen LogP contribution in [0, 0.1) is 10.7 Å². The number of ether oxygens (including phenoxy) is 1. The molecule has 158 valence electrons. The van der Waals surface area contributed by atoms with Gasteiger partial charge in [-0.1, -0.05) is 45.0 Å². The highest BCUT2D eigenvalue weighted by molar-refractivity contribution is 7.71. The van der Waals surface area contributed by atoms with Gasteiger partial charge < -0.3 is 9.30 Å². The summed E-state index contributed by atoms with van der Waals surface area (Å²) < 4.78 is 9.69. The van der Waals surface area contributed by atoms with E-state index in [9.17, 15) is 4.79 Å². The van der Waals surface area contributed by atoms with E-state index in [2.05, 4.69) is 49.9 Å². The van der Waals surface area contributed by atoms with Crippen LogP contribution in [-0.2, 0) is 28.7 Å². The fourth-order valence-electron chi connectivity index (χ4n) is 3.78. The minimum Gasteiger partial charge on any atom is -0.466 e. The van der Waals surface area contributed by atoms with Gasteiger partial charge in [0.05, 0.1) is 19.2 Å². The Hall–Kier alpha value is -1.99. The zero-order valence-electron chi connectivity index (χ0n) is 18.1. The van der Waals surface area contributed by atoms with E-state index in [-0.39, 0.29) is 17.3 Å². The number of benzene rings is 1. The van der Waals surface area contributed by atoms with Crippen LogP contribution in [-0.4, -0.2) is 44.9 Å². The SMILES string of the molecule is CCOC(=O)[C@H]1CCCN(Cn2nc(-c3ccc(C(C)(C)C)cc3)n(C)c2=S)C1. The van der Waals surface area contributed by atoms with E-state index in [1.165, 1.54) is 5.56 Å². The molecule has 1 aromatic carbocycles. The largest absolute Gasteiger partial charge is 0.466 e. The van der Waals surface area contributed by atoms with Crippen LogP contribution in [0.5, 0.6) is 0 Å². The minimum atomic E-state index is -0.0959. The van der Waals surface area contributed by atoms with Crippen LogP contribution in [0.25, 0.3) is 11.4 Å². The van der Waals surface area contributed by atoms with E-state index in [4.69, 9.17) is 22.1 Å². The topological polar surface area (TPSA) is 52.3 Å². The second kappa shape index (κ2) is 8.79. The fourth-order valence-corrected chi connectivity index (χ4v) is 3.96. The second-order valence-corrected chi connectivity index (χ2v) is 9.17. The molecular weight excluding hydrogens is 384 g/mol. The normalized spacial score (nSPS) is 18.0. The van der Waals surface area contributed by atoms with Crippen molar-refractivity contribution >= 4 is 18.2 Å². The molecule has 1 aromatic heterocycles. The highest BCUT2D eigenvalue weighted by atomic mass is 32.1. The lowest BCUT2D eigenvalue weighted by atomic mass is 9.87. The summed E-state index contributed by atoms with van der Waals surface area (Å²) in [5, 5.41) is 4.79. The van der Waals surface area contributed by atoms with Gasteiger partial charge in [0.15, 0.2) is 10.6 Å². The van der Waals surface area contributed by atoms with Gasteiger partial charge in [0.2, 0.25) is 0 Å². The maximum atomic E-state index is 12.1. The molecule has 1 saturated heterocycles. The molecule has 1 fully saturated rings. The minimum absolute atomic E-state index is 0.0639. The Morgan fingerprint density at radius 2 is 1.97 bits per heavy atom. The van der Waals surface area contributed by atoms with Crippen LogP contribution in [0.1, 0.15) is 46.1 Å². The van der Waals surface area contributed by atoms with Gasteiger partial charge in [-0.2, -0.15) is 5.10 Å². The molecule has 1 atom stereocenters. The number of esters is 1. The number of hydrogen-bond donors (Lipinski definition) is 0. The molecular formula is C22H32N4O2S. The van der Waals surface area contributed by atoms with Crippen molar-refractivity contribution in [1.82, 2.24) is 19.2 Å². The first-order valence-corrected chi connectivity index (χ1v) is 10.7. The maximum Gasteiger partial charge on any atom is 0.310 e. The first-order chi connectivity index (χ1) is 13.7. The van der Waals surface area contributed by atoms with Gasteiger partial charge in [-0.3, -0.25) is 9.69 Å². The van der Waals surface area contributed by atoms with Crippen molar-refractivity contribution in [1.29, 1.82) is 0 Å². The lowest BCUT2D eigenvalue weighted by molar-refractivity contribution is -0.150. The monoisotopic (exact) mass is 416 g/mol. The van der Waals surface area contributed by atoms with Crippen molar-refractivity contribution in [3.8, 4) is 11.4 Å². The molecule has 0 unspecified atom stereocenters. The third-order valence-corrected chi connectivity index (χ3v) is 5.99. The molecule has 2 aromatic rings. The number of piperidine rings is 1. The Kier molecular flexibility index (Phi) is 6.58. The molecule has 1 aliphatic heterocycles. The van der Waals surface area contributed by atoms with Gasteiger partial charge in [0.1, 0.15) is 0 Å². The number of hydrogen-bond acceptors (Lipinski definition) is 5. The zero-order valence-corrected chi connectivity index (χ0v) is 19.0. The Morgan fingerprint density at radius 1 is 1.28 bits per heavy atom. The van der Waals surface area contributed by atoms with Crippen molar-refractivity contribution < 1.29 is 9.53 Å². The van der Waals surface area contributed by atoms with Crippen molar-refractivity contribution in [2.45, 2.75) is 52.6 Å². The van der Waals surface area contributed by atoms with Crippen LogP contribution < -0.4 is 0 Å². The third-order valence-electron chi connectivity index (χ3n) is 5.51. The van der Waals surface area contributed by atoms with E-state index in [0.29, 0.717) is 24.6 Å². The molecule has 3 rings (SSSR count). The van der Waals surface area contributed by atoms with Crippen LogP contribution in [0.15, 0.2) is 24.3 Å². The predicted molar refractivity (Wildman–Crippen MR) is 117 cm³/mol. The van der Waals surface area contributed by atoms with Crippen molar-refractivity contribution in [3.63, 3.8) is 0 Å². The lowest BCUT2D eigenvalue weighted by Crippen LogP contribution is -2.40. The van der Waals surface area contributed by atoms with Crippen LogP contribution in [0.4, 0.5) is 0 Å². The number of carbonyl (C=O) groups excluding carboxylic acids is 1. The molecule has 0 aliphatic carbocycles. The third kappa shape index (κ3) is 4.95. The Balaban J connectivity index is 1.77. The van der Waals surface area contributed by atoms with Crippen molar-refractivity contribution in [2.75, 3.05) is 19.7 Å². The Labute approximate surface area is 178 Å². The van der Waals surface area contributed by atoms with Gasteiger partial charge >= 0.3 is 5.97 Å². The molecule has 0 bridgehead atoms. The first-order valence-electron chi connectivity index (χ1n) is 10.3. The summed E-state index contributed by atoms with van der Waals surface area (Å²) >= 11 is 5.64. The fraction of sp³-hybridized carbons (Fsp3) is 0.591. The first kappa shape index (κ1) is 21.7. The van der Waals surface area contributed by atoms with Gasteiger partial charge in [-0.25, -0.2) is 4.68 Å². The van der Waals surface area contributed by atoms with Crippen LogP contribution >= 0.6 is 12.2 Å². The molecule has 0 amide bonds. The highest BCUT2D eigenvalue weighted by Crippen LogP contribution is 2.26. The summed E-state index contributed by atoms with van der Waals surface area (Å²) in [6.07, 6.45) is 1.86. The van der Waals surface area contributed by atoms with Crippen molar-refractivity contribution in [2.24, 2.45) is 13.0 Å². The van der Waals surface area contributed by atoms with Gasteiger partial charge in [-0.05, 0) is 49.5 Å². The van der Waals surface area contributed by atoms with Gasteiger partial charge in [-0.15, -0.1) is 0 Å². The molecule has 6 nitrogen and oxygen atoms in total. The predicted octanol–water partition coefficient (Wildman–Crippen LogP) is 4.15. The quantitative estimate of drug-likeness (QED) is 0.541. The summed E-state index contributed by atoms with van der Waals surface area (Å²) in [7, 11) is 1.95. The standard InChI is InChI=1S/C22H32N4O2S/c1-6-28-20(27)17-8-7-13-25(14-17)15-26-21(29)24(5)19(23-26)16-9-11-18(12-10-16)22(2,3)4/h9-12,17H,6-8,13-15H2,1-5H3/t17-/m0/s1. The lowest BCUT2D eigenvalue weighted by Gasteiger charge is -2.31. The average molecular weight is 417 g/mol. The van der Waals surface area contributed by atoms with Crippen LogP contribution in [0.2, 0.25) is 0 Å². The van der Waals surface area contributed by atoms with E-state index in [1.54, 1.807) is 0 Å². The Morgan fingerprint density at radius 3 is 2.59 bits per heavy atom. The summed E-state index contributed by atoms with van der Waals surface area (Å²) in [5.74, 6) is 0.696. The number of aromatic nitrogens is 3. The number of nitrogens with zero attached hydrogens (tertiary/aromatic N) is 4. The molecule has 7 heteroatoms. The van der Waals surface area contributed by atoms with E-state index in [0.717, 1.165) is 30.8 Å². The molecule has 29 heavy (non-hydrogen) atoms. The summed E-state index contributed by atoms with van der Waals surface area (Å²) in [6.45, 7) is 11.1. The summed E-state index contributed by atoms with van der Waals surface area (Å²) in [4.78, 5) is 14.3. The smallest absolute Gasteiger partial charge is 0.310 e. The maximum absolute atomic E-state index is 12.1. The number of carbonyl (C=O) groups is 1. The van der Waals surface area contributed by atoms with E-state index < -0.39 is 0 Å². The molecule has 0 radical (unpaired) electrons. The average Bonchev–Trinajstić information content (AvgIpc) is 2.96. The van der Waals surface area contributed by atoms with E-state index in [1.807, 2.05) is 23.2 Å². The Bertz CT molecular complexity index is 908. The summed E-state index contributed by atoms with van der Waals surface area (Å²) in [6, 6.07) is 8.54. The molecule has 1 aliphatic rings. The van der Waals surface area contributed by atoms with Gasteiger partial charge in [0.25, 0.3) is 0 Å². The molecule has 0 N–H and O–H groups in total. The second-order valence-electron chi connectivity index (χ2n) is 8.80.